The molecule has 0 aliphatic heterocycles. The molecule has 0 saturated heterocycles. The van der Waals surface area contributed by atoms with E-state index >= 15 is 0 Å². The number of carbonyl (C=O) groups is 1. The maximum absolute atomic E-state index is 11.1. The fraction of sp³-hybridized carbons (Fsp3) is 0.667. The summed E-state index contributed by atoms with van der Waals surface area (Å²) in [5, 5.41) is 9.25. The van der Waals surface area contributed by atoms with Crippen LogP contribution in [0.25, 0.3) is 0 Å². The van der Waals surface area contributed by atoms with Crippen molar-refractivity contribution in [3.63, 3.8) is 0 Å². The van der Waals surface area contributed by atoms with Crippen molar-refractivity contribution in [2.24, 2.45) is 0 Å². The van der Waals surface area contributed by atoms with Crippen LogP contribution in [0.4, 0.5) is 0 Å². The van der Waals surface area contributed by atoms with Crippen LogP contribution in [0, 0.1) is 0 Å². The molecule has 1 aromatic heterocycles. The number of amides is 1. The lowest BCUT2D eigenvalue weighted by Gasteiger charge is -2.03. The zero-order valence-corrected chi connectivity index (χ0v) is 8.82. The van der Waals surface area contributed by atoms with Crippen LogP contribution >= 0.6 is 0 Å². The summed E-state index contributed by atoms with van der Waals surface area (Å²) < 4.78 is 4.80. The molecule has 2 N–H and O–H groups in total. The Morgan fingerprint density at radius 3 is 3.07 bits per heavy atom. The summed E-state index contributed by atoms with van der Waals surface area (Å²) in [6, 6.07) is 0. The van der Waals surface area contributed by atoms with Gasteiger partial charge in [-0.25, -0.2) is 0 Å². The molecule has 0 atom stereocenters. The van der Waals surface area contributed by atoms with Crippen molar-refractivity contribution in [3.8, 4) is 0 Å². The average molecular weight is 212 g/mol. The summed E-state index contributed by atoms with van der Waals surface area (Å²) >= 11 is 0. The van der Waals surface area contributed by atoms with E-state index in [0.29, 0.717) is 25.4 Å². The van der Waals surface area contributed by atoms with E-state index in [2.05, 4.69) is 20.8 Å². The van der Waals surface area contributed by atoms with Gasteiger partial charge in [-0.05, 0) is 6.42 Å². The van der Waals surface area contributed by atoms with Crippen LogP contribution in [0.15, 0.2) is 10.9 Å². The minimum atomic E-state index is 0.0161. The van der Waals surface area contributed by atoms with E-state index in [9.17, 15) is 4.79 Å². The molecule has 0 fully saturated rings. The number of hydrogen-bond donors (Lipinski definition) is 2. The quantitative estimate of drug-likeness (QED) is 0.608. The Kier molecular flexibility index (Phi) is 5.39. The fourth-order valence-corrected chi connectivity index (χ4v) is 1.03. The van der Waals surface area contributed by atoms with E-state index in [4.69, 9.17) is 4.52 Å². The highest BCUT2D eigenvalue weighted by atomic mass is 16.5. The monoisotopic (exact) mass is 212 g/mol. The first kappa shape index (κ1) is 11.6. The predicted octanol–water partition coefficient (Wildman–Crippen LogP) is -0.272. The average Bonchev–Trinajstić information content (AvgIpc) is 2.74. The highest BCUT2D eigenvalue weighted by Gasteiger charge is 2.00. The summed E-state index contributed by atoms with van der Waals surface area (Å²) in [5.74, 6) is 0.596. The minimum Gasteiger partial charge on any atom is -0.355 e. The van der Waals surface area contributed by atoms with Gasteiger partial charge in [0.2, 0.25) is 11.8 Å². The van der Waals surface area contributed by atoms with Crippen LogP contribution in [0.1, 0.15) is 19.2 Å². The molecule has 0 aromatic carbocycles. The lowest BCUT2D eigenvalue weighted by molar-refractivity contribution is -0.120. The van der Waals surface area contributed by atoms with Crippen LogP contribution in [0.3, 0.4) is 0 Å². The van der Waals surface area contributed by atoms with Crippen LogP contribution in [0.5, 0.6) is 0 Å². The normalized spacial score (nSPS) is 10.2. The maximum atomic E-state index is 11.1. The first-order valence-corrected chi connectivity index (χ1v) is 5.06. The number of nitrogens with zero attached hydrogens (tertiary/aromatic N) is 2. The molecular formula is C9H16N4O2. The smallest absolute Gasteiger partial charge is 0.233 e. The molecule has 0 saturated carbocycles. The molecule has 84 valence electrons. The molecule has 0 unspecified atom stereocenters. The number of nitrogens with one attached hydrogen (secondary N) is 2. The Morgan fingerprint density at radius 1 is 1.53 bits per heavy atom. The van der Waals surface area contributed by atoms with E-state index < -0.39 is 0 Å². The van der Waals surface area contributed by atoms with E-state index in [-0.39, 0.29) is 5.91 Å². The Hall–Kier alpha value is -1.43. The lowest BCUT2D eigenvalue weighted by atomic mass is 10.4. The molecule has 1 rings (SSSR count). The second-order valence-corrected chi connectivity index (χ2v) is 3.11. The van der Waals surface area contributed by atoms with Crippen molar-refractivity contribution in [2.45, 2.75) is 19.8 Å². The molecule has 1 heterocycles. The van der Waals surface area contributed by atoms with Gasteiger partial charge in [-0.1, -0.05) is 12.1 Å². The van der Waals surface area contributed by atoms with Crippen LogP contribution in [-0.2, 0) is 11.2 Å². The zero-order valence-electron chi connectivity index (χ0n) is 8.82. The summed E-state index contributed by atoms with van der Waals surface area (Å²) in [4.78, 5) is 15.0. The van der Waals surface area contributed by atoms with Crippen molar-refractivity contribution in [3.05, 3.63) is 12.2 Å². The largest absolute Gasteiger partial charge is 0.355 e. The SMILES string of the molecule is CCCNC(=O)CNCCc1ncno1. The highest BCUT2D eigenvalue weighted by molar-refractivity contribution is 5.77. The van der Waals surface area contributed by atoms with Crippen molar-refractivity contribution < 1.29 is 9.32 Å². The van der Waals surface area contributed by atoms with Crippen LogP contribution < -0.4 is 10.6 Å². The van der Waals surface area contributed by atoms with Gasteiger partial charge in [0, 0.05) is 19.5 Å². The summed E-state index contributed by atoms with van der Waals surface area (Å²) in [5.41, 5.74) is 0. The molecule has 0 radical (unpaired) electrons. The minimum absolute atomic E-state index is 0.0161. The lowest BCUT2D eigenvalue weighted by Crippen LogP contribution is -2.35. The Balaban J connectivity index is 1.99. The van der Waals surface area contributed by atoms with Crippen molar-refractivity contribution in [2.75, 3.05) is 19.6 Å². The molecular weight excluding hydrogens is 196 g/mol. The van der Waals surface area contributed by atoms with Crippen molar-refractivity contribution >= 4 is 5.91 Å². The van der Waals surface area contributed by atoms with Crippen molar-refractivity contribution in [1.82, 2.24) is 20.8 Å². The van der Waals surface area contributed by atoms with Gasteiger partial charge in [0.15, 0.2) is 6.33 Å². The van der Waals surface area contributed by atoms with Gasteiger partial charge in [0.05, 0.1) is 6.54 Å². The molecule has 0 bridgehead atoms. The molecule has 1 aromatic rings. The highest BCUT2D eigenvalue weighted by Crippen LogP contribution is 1.89. The summed E-state index contributed by atoms with van der Waals surface area (Å²) in [6.07, 6.45) is 2.96. The third-order valence-electron chi connectivity index (χ3n) is 1.78. The van der Waals surface area contributed by atoms with Gasteiger partial charge < -0.3 is 15.2 Å². The second-order valence-electron chi connectivity index (χ2n) is 3.11. The maximum Gasteiger partial charge on any atom is 0.233 e. The zero-order chi connectivity index (χ0) is 10.9. The Morgan fingerprint density at radius 2 is 2.40 bits per heavy atom. The molecule has 6 nitrogen and oxygen atoms in total. The van der Waals surface area contributed by atoms with Crippen LogP contribution in [-0.4, -0.2) is 35.7 Å². The van der Waals surface area contributed by atoms with E-state index in [1.54, 1.807) is 0 Å². The number of rotatable bonds is 7. The van der Waals surface area contributed by atoms with Gasteiger partial charge in [-0.3, -0.25) is 4.79 Å². The van der Waals surface area contributed by atoms with E-state index in [1.165, 1.54) is 6.33 Å². The van der Waals surface area contributed by atoms with Gasteiger partial charge >= 0.3 is 0 Å². The first-order chi connectivity index (χ1) is 7.33. The van der Waals surface area contributed by atoms with E-state index in [1.807, 2.05) is 6.92 Å². The van der Waals surface area contributed by atoms with Crippen LogP contribution in [0.2, 0.25) is 0 Å². The van der Waals surface area contributed by atoms with Gasteiger partial charge in [-0.15, -0.1) is 0 Å². The third-order valence-corrected chi connectivity index (χ3v) is 1.78. The predicted molar refractivity (Wildman–Crippen MR) is 54.2 cm³/mol. The Labute approximate surface area is 88.4 Å². The van der Waals surface area contributed by atoms with Gasteiger partial charge in [0.25, 0.3) is 0 Å². The number of aromatic nitrogens is 2. The topological polar surface area (TPSA) is 80.0 Å². The Bertz CT molecular complexity index is 274. The molecule has 15 heavy (non-hydrogen) atoms. The first-order valence-electron chi connectivity index (χ1n) is 5.06. The summed E-state index contributed by atoms with van der Waals surface area (Å²) in [6.45, 7) is 3.73. The third kappa shape index (κ3) is 5.11. The number of carbonyl (C=O) groups excluding carboxylic acids is 1. The fourth-order valence-electron chi connectivity index (χ4n) is 1.03. The van der Waals surface area contributed by atoms with Gasteiger partial charge in [-0.2, -0.15) is 4.98 Å². The number of hydrogen-bond acceptors (Lipinski definition) is 5. The van der Waals surface area contributed by atoms with Crippen molar-refractivity contribution in [1.29, 1.82) is 0 Å². The molecule has 0 aliphatic rings. The molecule has 6 heteroatoms. The molecule has 1 amide bonds. The summed E-state index contributed by atoms with van der Waals surface area (Å²) in [7, 11) is 0. The van der Waals surface area contributed by atoms with E-state index in [0.717, 1.165) is 13.0 Å². The molecule has 0 aliphatic carbocycles. The second kappa shape index (κ2) is 6.94. The van der Waals surface area contributed by atoms with Gasteiger partial charge in [0.1, 0.15) is 0 Å². The molecule has 0 spiro atoms. The standard InChI is InChI=1S/C9H16N4O2/c1-2-4-11-8(14)6-10-5-3-9-12-7-13-15-9/h7,10H,2-6H2,1H3,(H,11,14).